The molecule has 0 bridgehead atoms. The summed E-state index contributed by atoms with van der Waals surface area (Å²) in [5, 5.41) is 0. The third-order valence-electron chi connectivity index (χ3n) is 3.16. The molecular weight excluding hydrogens is 240 g/mol. The van der Waals surface area contributed by atoms with Gasteiger partial charge in [0.15, 0.2) is 11.6 Å². The Labute approximate surface area is 105 Å². The largest absolute Gasteiger partial charge is 0.374 e. The first-order valence-electron chi connectivity index (χ1n) is 5.83. The average Bonchev–Trinajstić information content (AvgIpc) is 2.35. The fraction of sp³-hybridized carbons (Fsp3) is 0.500. The van der Waals surface area contributed by atoms with Crippen molar-refractivity contribution in [2.24, 2.45) is 5.84 Å². The summed E-state index contributed by atoms with van der Waals surface area (Å²) in [4.78, 5) is 2.07. The normalized spacial score (nSPS) is 23.0. The van der Waals surface area contributed by atoms with E-state index < -0.39 is 17.7 Å². The number of benzene rings is 1. The first-order chi connectivity index (χ1) is 8.63. The second kappa shape index (κ2) is 5.71. The molecule has 2 atom stereocenters. The van der Waals surface area contributed by atoms with E-state index in [1.165, 1.54) is 12.1 Å². The number of likely N-dealkylation sites (N-methyl/N-ethyl adjacent to an activating group) is 1. The molecule has 1 aliphatic rings. The Hall–Kier alpha value is -1.08. The van der Waals surface area contributed by atoms with Crippen LogP contribution >= 0.6 is 0 Å². The summed E-state index contributed by atoms with van der Waals surface area (Å²) < 4.78 is 32.6. The van der Waals surface area contributed by atoms with Crippen molar-refractivity contribution in [1.29, 1.82) is 0 Å². The Morgan fingerprint density at radius 1 is 1.50 bits per heavy atom. The zero-order valence-electron chi connectivity index (χ0n) is 10.2. The molecule has 1 fully saturated rings. The van der Waals surface area contributed by atoms with Crippen molar-refractivity contribution in [2.45, 2.75) is 12.1 Å². The fourth-order valence-corrected chi connectivity index (χ4v) is 2.17. The predicted octanol–water partition coefficient (Wildman–Crippen LogP) is 0.800. The molecule has 1 heterocycles. The molecule has 0 aromatic heterocycles. The van der Waals surface area contributed by atoms with E-state index in [1.54, 1.807) is 0 Å². The quantitative estimate of drug-likeness (QED) is 0.621. The maximum atomic E-state index is 13.8. The van der Waals surface area contributed by atoms with Crippen LogP contribution in [-0.2, 0) is 4.74 Å². The van der Waals surface area contributed by atoms with Gasteiger partial charge in [0, 0.05) is 18.7 Å². The number of hydrogen-bond donors (Lipinski definition) is 2. The summed E-state index contributed by atoms with van der Waals surface area (Å²) in [5.74, 6) is 3.71. The Morgan fingerprint density at radius 3 is 2.94 bits per heavy atom. The van der Waals surface area contributed by atoms with E-state index in [4.69, 9.17) is 10.6 Å². The van der Waals surface area contributed by atoms with E-state index in [9.17, 15) is 8.78 Å². The van der Waals surface area contributed by atoms with Crippen molar-refractivity contribution >= 4 is 0 Å². The number of nitrogens with one attached hydrogen (secondary N) is 1. The van der Waals surface area contributed by atoms with Crippen molar-refractivity contribution in [3.63, 3.8) is 0 Å². The Balaban J connectivity index is 2.24. The smallest absolute Gasteiger partial charge is 0.163 e. The molecular formula is C12H17F2N3O. The van der Waals surface area contributed by atoms with Gasteiger partial charge in [-0.25, -0.2) is 8.78 Å². The summed E-state index contributed by atoms with van der Waals surface area (Å²) in [7, 11) is 1.95. The van der Waals surface area contributed by atoms with E-state index in [2.05, 4.69) is 10.3 Å². The van der Waals surface area contributed by atoms with Gasteiger partial charge >= 0.3 is 0 Å². The van der Waals surface area contributed by atoms with Gasteiger partial charge in [-0.05, 0) is 13.1 Å². The molecule has 4 nitrogen and oxygen atoms in total. The zero-order chi connectivity index (χ0) is 13.1. The SMILES string of the molecule is CN1CCOC(C(NN)c2cccc(F)c2F)C1. The molecule has 0 radical (unpaired) electrons. The molecule has 100 valence electrons. The van der Waals surface area contributed by atoms with Gasteiger partial charge in [-0.3, -0.25) is 11.3 Å². The first kappa shape index (κ1) is 13.4. The molecule has 6 heteroatoms. The summed E-state index contributed by atoms with van der Waals surface area (Å²) in [6.07, 6.45) is -0.301. The summed E-state index contributed by atoms with van der Waals surface area (Å²) >= 11 is 0. The molecule has 1 aliphatic heterocycles. The van der Waals surface area contributed by atoms with Crippen LogP contribution in [0.3, 0.4) is 0 Å². The summed E-state index contributed by atoms with van der Waals surface area (Å²) in [6, 6.07) is 3.50. The number of rotatable bonds is 3. The van der Waals surface area contributed by atoms with Gasteiger partial charge < -0.3 is 9.64 Å². The number of hydrazine groups is 1. The van der Waals surface area contributed by atoms with Crippen LogP contribution in [-0.4, -0.2) is 37.7 Å². The van der Waals surface area contributed by atoms with E-state index in [0.29, 0.717) is 13.2 Å². The minimum atomic E-state index is -0.878. The average molecular weight is 257 g/mol. The highest BCUT2D eigenvalue weighted by molar-refractivity contribution is 5.23. The van der Waals surface area contributed by atoms with Gasteiger partial charge in [0.25, 0.3) is 0 Å². The van der Waals surface area contributed by atoms with Gasteiger partial charge in [-0.1, -0.05) is 12.1 Å². The van der Waals surface area contributed by atoms with Gasteiger partial charge in [0.2, 0.25) is 0 Å². The molecule has 0 amide bonds. The highest BCUT2D eigenvalue weighted by Crippen LogP contribution is 2.25. The molecule has 18 heavy (non-hydrogen) atoms. The minimum Gasteiger partial charge on any atom is -0.374 e. The Morgan fingerprint density at radius 2 is 2.28 bits per heavy atom. The van der Waals surface area contributed by atoms with Crippen molar-refractivity contribution in [2.75, 3.05) is 26.7 Å². The third-order valence-corrected chi connectivity index (χ3v) is 3.16. The lowest BCUT2D eigenvalue weighted by Crippen LogP contribution is -2.48. The van der Waals surface area contributed by atoms with Crippen LogP contribution < -0.4 is 11.3 Å². The number of nitrogens with zero attached hydrogens (tertiary/aromatic N) is 1. The maximum Gasteiger partial charge on any atom is 0.163 e. The predicted molar refractivity (Wildman–Crippen MR) is 63.7 cm³/mol. The number of ether oxygens (including phenoxy) is 1. The molecule has 1 aromatic carbocycles. The van der Waals surface area contributed by atoms with E-state index in [-0.39, 0.29) is 11.7 Å². The van der Waals surface area contributed by atoms with Crippen molar-refractivity contribution in [3.8, 4) is 0 Å². The van der Waals surface area contributed by atoms with Gasteiger partial charge in [0.1, 0.15) is 0 Å². The van der Waals surface area contributed by atoms with Crippen LogP contribution in [0.4, 0.5) is 8.78 Å². The van der Waals surface area contributed by atoms with Crippen LogP contribution in [0.1, 0.15) is 11.6 Å². The lowest BCUT2D eigenvalue weighted by Gasteiger charge is -2.35. The zero-order valence-corrected chi connectivity index (χ0v) is 10.2. The Kier molecular flexibility index (Phi) is 4.23. The molecule has 2 rings (SSSR count). The second-order valence-electron chi connectivity index (χ2n) is 4.46. The lowest BCUT2D eigenvalue weighted by molar-refractivity contribution is -0.0399. The fourth-order valence-electron chi connectivity index (χ4n) is 2.17. The number of halogens is 2. The summed E-state index contributed by atoms with van der Waals surface area (Å²) in [6.45, 7) is 1.99. The molecule has 0 saturated carbocycles. The lowest BCUT2D eigenvalue weighted by atomic mass is 10.00. The van der Waals surface area contributed by atoms with Gasteiger partial charge in [0.05, 0.1) is 18.8 Å². The van der Waals surface area contributed by atoms with Crippen LogP contribution in [0.5, 0.6) is 0 Å². The van der Waals surface area contributed by atoms with E-state index in [1.807, 2.05) is 7.05 Å². The van der Waals surface area contributed by atoms with Crippen molar-refractivity contribution < 1.29 is 13.5 Å². The van der Waals surface area contributed by atoms with Crippen LogP contribution in [0, 0.1) is 11.6 Å². The molecule has 1 aromatic rings. The highest BCUT2D eigenvalue weighted by atomic mass is 19.2. The molecule has 0 spiro atoms. The third kappa shape index (κ3) is 2.67. The number of hydrogen-bond acceptors (Lipinski definition) is 4. The molecule has 1 saturated heterocycles. The minimum absolute atomic E-state index is 0.192. The molecule has 2 unspecified atom stereocenters. The topological polar surface area (TPSA) is 50.5 Å². The molecule has 3 N–H and O–H groups in total. The van der Waals surface area contributed by atoms with Gasteiger partial charge in [-0.2, -0.15) is 0 Å². The standard InChI is InChI=1S/C12H17F2N3O/c1-17-5-6-18-10(7-17)12(16-15)8-3-2-4-9(13)11(8)14/h2-4,10,12,16H,5-7,15H2,1H3. The van der Waals surface area contributed by atoms with Gasteiger partial charge in [-0.15, -0.1) is 0 Å². The maximum absolute atomic E-state index is 13.8. The Bertz CT molecular complexity index is 416. The van der Waals surface area contributed by atoms with Crippen molar-refractivity contribution in [1.82, 2.24) is 10.3 Å². The highest BCUT2D eigenvalue weighted by Gasteiger charge is 2.29. The van der Waals surface area contributed by atoms with E-state index in [0.717, 1.165) is 12.6 Å². The van der Waals surface area contributed by atoms with Crippen LogP contribution in [0.2, 0.25) is 0 Å². The van der Waals surface area contributed by atoms with Crippen LogP contribution in [0.25, 0.3) is 0 Å². The number of nitrogens with two attached hydrogens (primary N) is 1. The molecule has 0 aliphatic carbocycles. The summed E-state index contributed by atoms with van der Waals surface area (Å²) in [5.41, 5.74) is 2.71. The first-order valence-corrected chi connectivity index (χ1v) is 5.83. The number of morpholine rings is 1. The van der Waals surface area contributed by atoms with E-state index >= 15 is 0 Å². The van der Waals surface area contributed by atoms with Crippen LogP contribution in [0.15, 0.2) is 18.2 Å². The monoisotopic (exact) mass is 257 g/mol. The van der Waals surface area contributed by atoms with Crippen molar-refractivity contribution in [3.05, 3.63) is 35.4 Å². The second-order valence-corrected chi connectivity index (χ2v) is 4.46.